The van der Waals surface area contributed by atoms with E-state index in [0.717, 1.165) is 37.9 Å². The summed E-state index contributed by atoms with van der Waals surface area (Å²) in [6.45, 7) is 3.14. The molecule has 2 saturated carbocycles. The second-order valence-corrected chi connectivity index (χ2v) is 8.70. The first kappa shape index (κ1) is 17.0. The average molecular weight is 342 g/mol. The lowest BCUT2D eigenvalue weighted by molar-refractivity contribution is -0.133. The summed E-state index contributed by atoms with van der Waals surface area (Å²) < 4.78 is 0. The lowest BCUT2D eigenvalue weighted by atomic mass is 9.90. The maximum atomic E-state index is 12.5. The fourth-order valence-electron chi connectivity index (χ4n) is 4.65. The molecule has 1 saturated heterocycles. The molecule has 0 radical (unpaired) electrons. The van der Waals surface area contributed by atoms with Crippen LogP contribution in [0.1, 0.15) is 57.8 Å². The highest BCUT2D eigenvalue weighted by molar-refractivity contribution is 5.76. The lowest BCUT2D eigenvalue weighted by Gasteiger charge is -2.33. The summed E-state index contributed by atoms with van der Waals surface area (Å²) in [7, 11) is 2.28. The number of carbonyl (C=O) groups is 1. The number of carbonyl (C=O) groups excluding carboxylic acids is 1. The zero-order valence-electron chi connectivity index (χ0n) is 15.4. The minimum Gasteiger partial charge on any atom is -0.343 e. The number of hydrogen-bond donors (Lipinski definition) is 0. The maximum Gasteiger partial charge on any atom is 0.222 e. The summed E-state index contributed by atoms with van der Waals surface area (Å²) in [6, 6.07) is 0.861. The predicted molar refractivity (Wildman–Crippen MR) is 96.9 cm³/mol. The number of terminal acetylenes is 1. The van der Waals surface area contributed by atoms with Crippen molar-refractivity contribution in [2.24, 2.45) is 21.6 Å². The fraction of sp³-hybridized carbons (Fsp3) is 0.850. The molecule has 3 fully saturated rings. The van der Waals surface area contributed by atoms with Crippen LogP contribution in [0.2, 0.25) is 0 Å². The molecule has 1 atom stereocenters. The monoisotopic (exact) mass is 342 g/mol. The van der Waals surface area contributed by atoms with E-state index >= 15 is 0 Å². The van der Waals surface area contributed by atoms with E-state index in [2.05, 4.69) is 33.0 Å². The molecular weight excluding hydrogens is 312 g/mol. The number of rotatable bonds is 8. The van der Waals surface area contributed by atoms with Crippen LogP contribution in [0.5, 0.6) is 0 Å². The zero-order chi connectivity index (χ0) is 17.5. The van der Waals surface area contributed by atoms with Crippen molar-refractivity contribution in [3.05, 3.63) is 0 Å². The van der Waals surface area contributed by atoms with Gasteiger partial charge in [-0.25, -0.2) is 0 Å². The topological polar surface area (TPSA) is 48.3 Å². The van der Waals surface area contributed by atoms with E-state index in [9.17, 15) is 4.79 Å². The number of likely N-dealkylation sites (tertiary alicyclic amines) is 1. The van der Waals surface area contributed by atoms with Gasteiger partial charge < -0.3 is 9.80 Å². The molecule has 0 bridgehead atoms. The number of hydrogen-bond acceptors (Lipinski definition) is 4. The highest BCUT2D eigenvalue weighted by Gasteiger charge is 2.55. The molecule has 2 aliphatic heterocycles. The van der Waals surface area contributed by atoms with Gasteiger partial charge in [-0.2, -0.15) is 10.2 Å². The quantitative estimate of drug-likeness (QED) is 0.637. The second kappa shape index (κ2) is 6.39. The van der Waals surface area contributed by atoms with Gasteiger partial charge in [0.15, 0.2) is 5.66 Å². The van der Waals surface area contributed by atoms with E-state index < -0.39 is 0 Å². The van der Waals surface area contributed by atoms with E-state index in [4.69, 9.17) is 6.42 Å². The summed E-state index contributed by atoms with van der Waals surface area (Å²) in [4.78, 5) is 17.2. The largest absolute Gasteiger partial charge is 0.343 e. The third kappa shape index (κ3) is 3.74. The van der Waals surface area contributed by atoms with E-state index in [-0.39, 0.29) is 11.6 Å². The molecule has 0 aromatic carbocycles. The first-order valence-electron chi connectivity index (χ1n) is 9.91. The molecule has 0 N–H and O–H groups in total. The highest BCUT2D eigenvalue weighted by atomic mass is 16.2. The van der Waals surface area contributed by atoms with Crippen LogP contribution in [0, 0.1) is 23.7 Å². The molecule has 4 rings (SSSR count). The Morgan fingerprint density at radius 1 is 1.28 bits per heavy atom. The van der Waals surface area contributed by atoms with Crippen LogP contribution < -0.4 is 0 Å². The summed E-state index contributed by atoms with van der Waals surface area (Å²) in [5, 5.41) is 8.26. The third-order valence-electron chi connectivity index (χ3n) is 6.94. The van der Waals surface area contributed by atoms with Crippen molar-refractivity contribution in [2.75, 3.05) is 26.7 Å². The Kier molecular flexibility index (Phi) is 4.35. The average Bonchev–Trinajstić information content (AvgIpc) is 3.49. The minimum atomic E-state index is -0.325. The Hall–Kier alpha value is -1.41. The van der Waals surface area contributed by atoms with Crippen molar-refractivity contribution >= 4 is 5.91 Å². The second-order valence-electron chi connectivity index (χ2n) is 8.70. The lowest BCUT2D eigenvalue weighted by Crippen LogP contribution is -2.40. The van der Waals surface area contributed by atoms with Crippen LogP contribution in [-0.2, 0) is 4.79 Å². The van der Waals surface area contributed by atoms with Gasteiger partial charge in [0, 0.05) is 51.4 Å². The summed E-state index contributed by atoms with van der Waals surface area (Å²) in [6.07, 6.45) is 14.6. The molecule has 0 aromatic rings. The first-order chi connectivity index (χ1) is 12.1. The van der Waals surface area contributed by atoms with Gasteiger partial charge in [0.05, 0.1) is 0 Å². The van der Waals surface area contributed by atoms with Crippen molar-refractivity contribution in [1.82, 2.24) is 9.80 Å². The SMILES string of the molecule is C#CCCC1(CCC(=O)N2CCC3(CC2)CC3CN(C)C2CC2)N=N1. The van der Waals surface area contributed by atoms with Gasteiger partial charge in [-0.3, -0.25) is 4.79 Å². The van der Waals surface area contributed by atoms with Gasteiger partial charge in [-0.15, -0.1) is 12.3 Å². The number of nitrogens with zero attached hydrogens (tertiary/aromatic N) is 4. The molecular formula is C20H30N4O. The Bertz CT molecular complexity index is 589. The molecule has 25 heavy (non-hydrogen) atoms. The molecule has 136 valence electrons. The van der Waals surface area contributed by atoms with Crippen LogP contribution in [-0.4, -0.2) is 54.1 Å². The van der Waals surface area contributed by atoms with E-state index in [1.54, 1.807) is 0 Å². The van der Waals surface area contributed by atoms with Crippen molar-refractivity contribution in [3.8, 4) is 12.3 Å². The van der Waals surface area contributed by atoms with E-state index in [1.807, 2.05) is 0 Å². The zero-order valence-corrected chi connectivity index (χ0v) is 15.4. The number of piperidine rings is 1. The minimum absolute atomic E-state index is 0.277. The molecule has 1 spiro atoms. The van der Waals surface area contributed by atoms with Crippen LogP contribution in [0.3, 0.4) is 0 Å². The molecule has 2 heterocycles. The van der Waals surface area contributed by atoms with Crippen molar-refractivity contribution < 1.29 is 4.79 Å². The van der Waals surface area contributed by atoms with Crippen LogP contribution in [0.25, 0.3) is 0 Å². The maximum absolute atomic E-state index is 12.5. The third-order valence-corrected chi connectivity index (χ3v) is 6.94. The molecule has 2 aliphatic carbocycles. The molecule has 1 amide bonds. The van der Waals surface area contributed by atoms with Crippen LogP contribution in [0.15, 0.2) is 10.2 Å². The number of amides is 1. The molecule has 5 heteroatoms. The summed E-state index contributed by atoms with van der Waals surface area (Å²) in [5.41, 5.74) is 0.225. The van der Waals surface area contributed by atoms with E-state index in [1.165, 1.54) is 38.6 Å². The molecule has 4 aliphatic rings. The standard InChI is InChI=1S/C20H30N4O/c1-3-4-8-20(21-22-20)9-7-18(25)24-12-10-19(11-13-24)14-16(19)15-23(2)17-5-6-17/h1,16-17H,4-15H2,2H3. The van der Waals surface area contributed by atoms with Crippen molar-refractivity contribution in [2.45, 2.75) is 69.5 Å². The normalized spacial score (nSPS) is 28.2. The van der Waals surface area contributed by atoms with Gasteiger partial charge in [0.2, 0.25) is 5.91 Å². The predicted octanol–water partition coefficient (Wildman–Crippen LogP) is 3.07. The first-order valence-corrected chi connectivity index (χ1v) is 9.91. The Morgan fingerprint density at radius 2 is 2.00 bits per heavy atom. The highest BCUT2D eigenvalue weighted by Crippen LogP contribution is 2.59. The molecule has 5 nitrogen and oxygen atoms in total. The fourth-order valence-corrected chi connectivity index (χ4v) is 4.65. The van der Waals surface area contributed by atoms with Gasteiger partial charge in [0.25, 0.3) is 0 Å². The van der Waals surface area contributed by atoms with E-state index in [0.29, 0.717) is 18.3 Å². The Morgan fingerprint density at radius 3 is 2.60 bits per heavy atom. The van der Waals surface area contributed by atoms with Crippen molar-refractivity contribution in [1.29, 1.82) is 0 Å². The Balaban J connectivity index is 1.18. The van der Waals surface area contributed by atoms with Crippen LogP contribution in [0.4, 0.5) is 0 Å². The smallest absolute Gasteiger partial charge is 0.222 e. The van der Waals surface area contributed by atoms with Gasteiger partial charge in [-0.1, -0.05) is 0 Å². The molecule has 1 unspecified atom stereocenters. The van der Waals surface area contributed by atoms with Gasteiger partial charge >= 0.3 is 0 Å². The Labute approximate surface area is 151 Å². The van der Waals surface area contributed by atoms with Crippen molar-refractivity contribution in [3.63, 3.8) is 0 Å². The van der Waals surface area contributed by atoms with Gasteiger partial charge in [-0.05, 0) is 50.5 Å². The summed E-state index contributed by atoms with van der Waals surface area (Å²) >= 11 is 0. The molecule has 0 aromatic heterocycles. The van der Waals surface area contributed by atoms with Gasteiger partial charge in [0.1, 0.15) is 0 Å². The van der Waals surface area contributed by atoms with Crippen LogP contribution >= 0.6 is 0 Å². The summed E-state index contributed by atoms with van der Waals surface area (Å²) in [5.74, 6) is 3.78.